The molecule has 0 bridgehead atoms. The molecule has 2 aliphatic rings. The molecule has 0 saturated carbocycles. The maximum atomic E-state index is 12.9. The van der Waals surface area contributed by atoms with E-state index in [9.17, 15) is 22.8 Å². The Bertz CT molecular complexity index is 1150. The number of likely N-dealkylation sites (tertiary alicyclic amines) is 1. The number of thiazole rings is 1. The van der Waals surface area contributed by atoms with Gasteiger partial charge in [-0.15, -0.1) is 22.7 Å². The number of hydrogen-bond acceptors (Lipinski definition) is 6. The van der Waals surface area contributed by atoms with Crippen molar-refractivity contribution >= 4 is 44.6 Å². The molecule has 2 amide bonds. The van der Waals surface area contributed by atoms with E-state index in [0.29, 0.717) is 46.8 Å². The molecule has 3 aromatic rings. The van der Waals surface area contributed by atoms with E-state index in [1.54, 1.807) is 26.8 Å². The fourth-order valence-electron chi connectivity index (χ4n) is 4.09. The van der Waals surface area contributed by atoms with Crippen molar-refractivity contribution in [3.63, 3.8) is 0 Å². The van der Waals surface area contributed by atoms with Gasteiger partial charge in [0.15, 0.2) is 0 Å². The number of piperazine rings is 1. The molecule has 2 aromatic heterocycles. The Labute approximate surface area is 189 Å². The summed E-state index contributed by atoms with van der Waals surface area (Å²) >= 11 is 2.50. The third-order valence-corrected chi connectivity index (χ3v) is 7.65. The van der Waals surface area contributed by atoms with Gasteiger partial charge < -0.3 is 9.80 Å². The Morgan fingerprint density at radius 1 is 1.00 bits per heavy atom. The van der Waals surface area contributed by atoms with Crippen LogP contribution >= 0.6 is 22.7 Å². The molecule has 0 atom stereocenters. The van der Waals surface area contributed by atoms with Crippen molar-refractivity contribution < 1.29 is 22.8 Å². The summed E-state index contributed by atoms with van der Waals surface area (Å²) in [7, 11) is 0. The van der Waals surface area contributed by atoms with E-state index in [1.165, 1.54) is 17.4 Å². The lowest BCUT2D eigenvalue weighted by Crippen LogP contribution is -2.64. The number of benzene rings is 1. The van der Waals surface area contributed by atoms with Crippen LogP contribution in [0.2, 0.25) is 0 Å². The van der Waals surface area contributed by atoms with Gasteiger partial charge in [-0.1, -0.05) is 6.07 Å². The van der Waals surface area contributed by atoms with Crippen LogP contribution in [0.3, 0.4) is 0 Å². The first-order valence-corrected chi connectivity index (χ1v) is 11.9. The van der Waals surface area contributed by atoms with Gasteiger partial charge in [-0.05, 0) is 23.6 Å². The molecule has 1 aromatic carbocycles. The number of thiophene rings is 1. The molecule has 32 heavy (non-hydrogen) atoms. The Balaban J connectivity index is 1.16. The monoisotopic (exact) mass is 480 g/mol. The Kier molecular flexibility index (Phi) is 5.42. The van der Waals surface area contributed by atoms with Gasteiger partial charge in [-0.3, -0.25) is 14.5 Å². The molecule has 5 rings (SSSR count). The summed E-state index contributed by atoms with van der Waals surface area (Å²) in [5.74, 6) is -0.192. The lowest BCUT2D eigenvalue weighted by molar-refractivity contribution is -0.137. The minimum Gasteiger partial charge on any atom is -0.335 e. The summed E-state index contributed by atoms with van der Waals surface area (Å²) in [6.45, 7) is 3.90. The summed E-state index contributed by atoms with van der Waals surface area (Å²) < 4.78 is 39.3. The average Bonchev–Trinajstić information content (AvgIpc) is 3.41. The second kappa shape index (κ2) is 8.13. The van der Waals surface area contributed by atoms with Gasteiger partial charge in [0.05, 0.1) is 16.0 Å². The third kappa shape index (κ3) is 4.00. The first-order valence-electron chi connectivity index (χ1n) is 10.1. The molecule has 0 aliphatic carbocycles. The zero-order valence-electron chi connectivity index (χ0n) is 16.8. The van der Waals surface area contributed by atoms with Crippen LogP contribution in [0.15, 0.2) is 35.2 Å². The minimum absolute atomic E-state index is 0.0465. The largest absolute Gasteiger partial charge is 0.416 e. The van der Waals surface area contributed by atoms with E-state index in [0.717, 1.165) is 36.6 Å². The summed E-state index contributed by atoms with van der Waals surface area (Å²) in [6.07, 6.45) is -4.40. The van der Waals surface area contributed by atoms with Crippen LogP contribution < -0.4 is 0 Å². The number of hydrogen-bond donors (Lipinski definition) is 0. The molecular weight excluding hydrogens is 461 g/mol. The summed E-state index contributed by atoms with van der Waals surface area (Å²) in [5, 5.41) is 2.39. The van der Waals surface area contributed by atoms with E-state index >= 15 is 0 Å². The first kappa shape index (κ1) is 21.4. The molecule has 2 saturated heterocycles. The normalized spacial score (nSPS) is 18.2. The van der Waals surface area contributed by atoms with E-state index in [2.05, 4.69) is 9.88 Å². The maximum absolute atomic E-state index is 12.9. The lowest BCUT2D eigenvalue weighted by atomic mass is 10.1. The van der Waals surface area contributed by atoms with Crippen molar-refractivity contribution in [1.82, 2.24) is 19.7 Å². The quantitative estimate of drug-likeness (QED) is 0.574. The second-order valence-electron chi connectivity index (χ2n) is 7.93. The zero-order valence-corrected chi connectivity index (χ0v) is 18.5. The SMILES string of the molecule is O=C(c1cscn1)N1CCN(C2CN(C(=O)c3cc4ccc(C(F)(F)F)cc4s3)C2)CC1. The predicted molar refractivity (Wildman–Crippen MR) is 116 cm³/mol. The van der Waals surface area contributed by atoms with Gasteiger partial charge in [0.2, 0.25) is 0 Å². The number of carbonyl (C=O) groups is 2. The Morgan fingerprint density at radius 3 is 2.41 bits per heavy atom. The number of carbonyl (C=O) groups excluding carboxylic acids is 2. The Morgan fingerprint density at radius 2 is 1.75 bits per heavy atom. The zero-order chi connectivity index (χ0) is 22.5. The molecule has 2 aliphatic heterocycles. The number of fused-ring (bicyclic) bond motifs is 1. The number of halogens is 3. The highest BCUT2D eigenvalue weighted by Gasteiger charge is 2.38. The number of alkyl halides is 3. The predicted octanol–water partition coefficient (Wildman–Crippen LogP) is 3.66. The second-order valence-corrected chi connectivity index (χ2v) is 9.73. The fourth-order valence-corrected chi connectivity index (χ4v) is 5.69. The van der Waals surface area contributed by atoms with Gasteiger partial charge in [-0.25, -0.2) is 4.98 Å². The standard InChI is InChI=1S/C21H19F3N4O2S2/c22-21(23,24)14-2-1-13-7-18(32-17(13)8-14)20(30)28-9-15(10-28)26-3-5-27(6-4-26)19(29)16-11-31-12-25-16/h1-2,7-8,11-12,15H,3-6,9-10H2. The van der Waals surface area contributed by atoms with E-state index in [1.807, 2.05) is 0 Å². The van der Waals surface area contributed by atoms with Gasteiger partial charge in [0.25, 0.3) is 11.8 Å². The van der Waals surface area contributed by atoms with Crippen LogP contribution in [0.5, 0.6) is 0 Å². The van der Waals surface area contributed by atoms with Crippen LogP contribution in [0, 0.1) is 0 Å². The third-order valence-electron chi connectivity index (χ3n) is 5.98. The van der Waals surface area contributed by atoms with Crippen molar-refractivity contribution in [3.05, 3.63) is 51.3 Å². The smallest absolute Gasteiger partial charge is 0.335 e. The van der Waals surface area contributed by atoms with Crippen LogP contribution in [0.25, 0.3) is 10.1 Å². The van der Waals surface area contributed by atoms with Gasteiger partial charge in [0, 0.05) is 55.4 Å². The average molecular weight is 481 g/mol. The minimum atomic E-state index is -4.40. The lowest BCUT2D eigenvalue weighted by Gasteiger charge is -2.48. The molecule has 11 heteroatoms. The van der Waals surface area contributed by atoms with Crippen molar-refractivity contribution in [2.45, 2.75) is 12.2 Å². The molecular formula is C21H19F3N4O2S2. The van der Waals surface area contributed by atoms with Crippen molar-refractivity contribution in [2.75, 3.05) is 39.3 Å². The molecule has 6 nitrogen and oxygen atoms in total. The van der Waals surface area contributed by atoms with Crippen molar-refractivity contribution in [3.8, 4) is 0 Å². The molecule has 4 heterocycles. The number of amides is 2. The number of rotatable bonds is 3. The van der Waals surface area contributed by atoms with Crippen molar-refractivity contribution in [1.29, 1.82) is 0 Å². The van der Waals surface area contributed by atoms with Crippen LogP contribution in [0.4, 0.5) is 13.2 Å². The molecule has 0 radical (unpaired) electrons. The van der Waals surface area contributed by atoms with Crippen LogP contribution in [-0.2, 0) is 6.18 Å². The fraction of sp³-hybridized carbons (Fsp3) is 0.381. The molecule has 168 valence electrons. The number of nitrogens with zero attached hydrogens (tertiary/aromatic N) is 4. The van der Waals surface area contributed by atoms with Gasteiger partial charge in [0.1, 0.15) is 5.69 Å². The summed E-state index contributed by atoms with van der Waals surface area (Å²) in [4.78, 5) is 35.6. The highest BCUT2D eigenvalue weighted by Crippen LogP contribution is 2.35. The van der Waals surface area contributed by atoms with Crippen LogP contribution in [-0.4, -0.2) is 76.8 Å². The molecule has 2 fully saturated rings. The van der Waals surface area contributed by atoms with E-state index in [-0.39, 0.29) is 17.9 Å². The topological polar surface area (TPSA) is 56.8 Å². The van der Waals surface area contributed by atoms with Gasteiger partial charge in [-0.2, -0.15) is 13.2 Å². The maximum Gasteiger partial charge on any atom is 0.416 e. The van der Waals surface area contributed by atoms with Gasteiger partial charge >= 0.3 is 6.18 Å². The summed E-state index contributed by atoms with van der Waals surface area (Å²) in [6, 6.07) is 5.46. The molecule has 0 spiro atoms. The van der Waals surface area contributed by atoms with Crippen LogP contribution in [0.1, 0.15) is 25.7 Å². The highest BCUT2D eigenvalue weighted by atomic mass is 32.1. The first-order chi connectivity index (χ1) is 15.3. The summed E-state index contributed by atoms with van der Waals surface area (Å²) in [5.41, 5.74) is 1.42. The van der Waals surface area contributed by atoms with E-state index < -0.39 is 11.7 Å². The molecule has 0 unspecified atom stereocenters. The van der Waals surface area contributed by atoms with Crippen molar-refractivity contribution in [2.24, 2.45) is 0 Å². The highest BCUT2D eigenvalue weighted by molar-refractivity contribution is 7.20. The van der Waals surface area contributed by atoms with E-state index in [4.69, 9.17) is 0 Å². The number of aromatic nitrogens is 1. The Hall–Kier alpha value is -2.50. The molecule has 0 N–H and O–H groups in total.